The van der Waals surface area contributed by atoms with E-state index in [9.17, 15) is 14.7 Å². The van der Waals surface area contributed by atoms with Crippen molar-refractivity contribution in [3.8, 4) is 0 Å². The van der Waals surface area contributed by atoms with Crippen molar-refractivity contribution in [1.29, 1.82) is 0 Å². The first kappa shape index (κ1) is 14.3. The second kappa shape index (κ2) is 5.91. The van der Waals surface area contributed by atoms with Crippen molar-refractivity contribution >= 4 is 0 Å². The highest BCUT2D eigenvalue weighted by Crippen LogP contribution is 2.29. The average Bonchev–Trinajstić information content (AvgIpc) is 2.82. The molecule has 0 bridgehead atoms. The molecule has 2 N–H and O–H groups in total. The quantitative estimate of drug-likeness (QED) is 0.458. The Morgan fingerprint density at radius 2 is 2.40 bits per heavy atom. The zero-order chi connectivity index (χ0) is 14.7. The zero-order valence-corrected chi connectivity index (χ0v) is 10.9. The number of rotatable bonds is 4. The number of aliphatic hydroxyl groups is 1. The van der Waals surface area contributed by atoms with Crippen LogP contribution in [0.2, 0.25) is 0 Å². The van der Waals surface area contributed by atoms with Crippen LogP contribution in [0.15, 0.2) is 20.9 Å². The number of nitrogens with zero attached hydrogens (tertiary/aromatic N) is 4. The van der Waals surface area contributed by atoms with Gasteiger partial charge in [-0.2, -0.15) is 0 Å². The molecule has 2 rings (SSSR count). The Morgan fingerprint density at radius 1 is 1.65 bits per heavy atom. The minimum absolute atomic E-state index is 0.268. The summed E-state index contributed by atoms with van der Waals surface area (Å²) in [5.41, 5.74) is 7.93. The highest BCUT2D eigenvalue weighted by molar-refractivity contribution is 5.05. The second-order valence-electron chi connectivity index (χ2n) is 4.49. The van der Waals surface area contributed by atoms with Gasteiger partial charge in [0.2, 0.25) is 0 Å². The molecule has 1 aliphatic rings. The summed E-state index contributed by atoms with van der Waals surface area (Å²) in [6, 6.07) is -0.543. The van der Waals surface area contributed by atoms with Gasteiger partial charge in [-0.25, -0.2) is 4.79 Å². The van der Waals surface area contributed by atoms with Crippen LogP contribution >= 0.6 is 0 Å². The monoisotopic (exact) mass is 281 g/mol. The van der Waals surface area contributed by atoms with E-state index in [0.717, 1.165) is 0 Å². The lowest BCUT2D eigenvalue weighted by molar-refractivity contribution is -0.0271. The van der Waals surface area contributed by atoms with Gasteiger partial charge in [-0.05, 0) is 12.0 Å². The Labute approximate surface area is 113 Å². The number of aromatic nitrogens is 2. The van der Waals surface area contributed by atoms with Crippen LogP contribution in [0, 0.1) is 0 Å². The lowest BCUT2D eigenvalue weighted by atomic mass is 10.1. The van der Waals surface area contributed by atoms with Gasteiger partial charge >= 0.3 is 5.69 Å². The molecule has 2 heterocycles. The molecule has 1 aromatic heterocycles. The third kappa shape index (κ3) is 2.60. The van der Waals surface area contributed by atoms with Crippen molar-refractivity contribution in [2.24, 2.45) is 5.11 Å². The molecule has 1 aromatic rings. The number of azide groups is 1. The number of aliphatic hydroxyl groups excluding tert-OH is 1. The van der Waals surface area contributed by atoms with Gasteiger partial charge in [0.1, 0.15) is 6.23 Å². The Bertz CT molecular complexity index is 645. The molecule has 0 aliphatic carbocycles. The van der Waals surface area contributed by atoms with Crippen molar-refractivity contribution < 1.29 is 9.84 Å². The first-order valence-electron chi connectivity index (χ1n) is 6.25. The van der Waals surface area contributed by atoms with Gasteiger partial charge in [0.25, 0.3) is 5.56 Å². The van der Waals surface area contributed by atoms with Crippen LogP contribution in [0.1, 0.15) is 25.1 Å². The third-order valence-corrected chi connectivity index (χ3v) is 3.32. The summed E-state index contributed by atoms with van der Waals surface area (Å²) in [7, 11) is 0. The van der Waals surface area contributed by atoms with Crippen LogP contribution in [-0.2, 0) is 11.2 Å². The van der Waals surface area contributed by atoms with Gasteiger partial charge in [-0.15, -0.1) is 0 Å². The highest BCUT2D eigenvalue weighted by Gasteiger charge is 2.35. The predicted octanol–water partition coefficient (Wildman–Crippen LogP) is 0.0577. The lowest BCUT2D eigenvalue weighted by Crippen LogP contribution is -2.34. The molecule has 0 aromatic carbocycles. The smallest absolute Gasteiger partial charge is 0.330 e. The van der Waals surface area contributed by atoms with E-state index < -0.39 is 29.6 Å². The molecule has 0 saturated carbocycles. The Morgan fingerprint density at radius 3 is 3.00 bits per heavy atom. The normalized spacial score (nSPS) is 25.4. The fourth-order valence-electron chi connectivity index (χ4n) is 2.23. The van der Waals surface area contributed by atoms with E-state index in [0.29, 0.717) is 12.0 Å². The number of H-pyrrole nitrogens is 1. The van der Waals surface area contributed by atoms with Crippen LogP contribution in [0.3, 0.4) is 0 Å². The van der Waals surface area contributed by atoms with Crippen LogP contribution in [-0.4, -0.2) is 33.4 Å². The first-order valence-corrected chi connectivity index (χ1v) is 6.25. The Kier molecular flexibility index (Phi) is 4.23. The van der Waals surface area contributed by atoms with Crippen LogP contribution in [0.25, 0.3) is 10.4 Å². The zero-order valence-electron chi connectivity index (χ0n) is 10.9. The molecular weight excluding hydrogens is 266 g/mol. The van der Waals surface area contributed by atoms with Crippen LogP contribution in [0.5, 0.6) is 0 Å². The third-order valence-electron chi connectivity index (χ3n) is 3.32. The summed E-state index contributed by atoms with van der Waals surface area (Å²) >= 11 is 0. The average molecular weight is 281 g/mol. The van der Waals surface area contributed by atoms with Gasteiger partial charge in [0.15, 0.2) is 0 Å². The van der Waals surface area contributed by atoms with Crippen molar-refractivity contribution in [3.05, 3.63) is 43.0 Å². The maximum atomic E-state index is 11.8. The number of ether oxygens (including phenoxy) is 1. The number of hydrogen-bond donors (Lipinski definition) is 2. The Balaban J connectivity index is 2.36. The van der Waals surface area contributed by atoms with Gasteiger partial charge in [-0.3, -0.25) is 14.3 Å². The first-order chi connectivity index (χ1) is 9.60. The predicted molar refractivity (Wildman–Crippen MR) is 69.2 cm³/mol. The largest absolute Gasteiger partial charge is 0.394 e. The van der Waals surface area contributed by atoms with E-state index in [-0.39, 0.29) is 13.0 Å². The summed E-state index contributed by atoms with van der Waals surface area (Å²) in [5.74, 6) is 0. The molecular formula is C11H15N5O4. The van der Waals surface area contributed by atoms with Crippen molar-refractivity contribution in [2.45, 2.75) is 38.1 Å². The van der Waals surface area contributed by atoms with Crippen molar-refractivity contribution in [2.75, 3.05) is 6.61 Å². The van der Waals surface area contributed by atoms with E-state index in [1.54, 1.807) is 6.92 Å². The van der Waals surface area contributed by atoms with Gasteiger partial charge in [0.05, 0.1) is 18.8 Å². The van der Waals surface area contributed by atoms with E-state index in [1.165, 1.54) is 10.8 Å². The molecule has 0 radical (unpaired) electrons. The second-order valence-corrected chi connectivity index (χ2v) is 4.49. The molecule has 1 unspecified atom stereocenters. The van der Waals surface area contributed by atoms with E-state index in [2.05, 4.69) is 15.0 Å². The molecule has 1 saturated heterocycles. The maximum absolute atomic E-state index is 11.8. The van der Waals surface area contributed by atoms with Crippen molar-refractivity contribution in [1.82, 2.24) is 9.55 Å². The molecule has 1 aliphatic heterocycles. The van der Waals surface area contributed by atoms with Crippen LogP contribution in [0.4, 0.5) is 0 Å². The molecule has 0 amide bonds. The minimum Gasteiger partial charge on any atom is -0.394 e. The Hall–Kier alpha value is -2.09. The van der Waals surface area contributed by atoms with E-state index in [1.807, 2.05) is 0 Å². The summed E-state index contributed by atoms with van der Waals surface area (Å²) in [6.45, 7) is 1.49. The summed E-state index contributed by atoms with van der Waals surface area (Å²) in [4.78, 5) is 28.2. The molecule has 20 heavy (non-hydrogen) atoms. The molecule has 3 atom stereocenters. The molecule has 0 spiro atoms. The van der Waals surface area contributed by atoms with Gasteiger partial charge in [0, 0.05) is 23.1 Å². The fraction of sp³-hybridized carbons (Fsp3) is 0.636. The topological polar surface area (TPSA) is 133 Å². The highest BCUT2D eigenvalue weighted by atomic mass is 16.5. The molecule has 1 fully saturated rings. The summed E-state index contributed by atoms with van der Waals surface area (Å²) in [6.07, 6.45) is 0.867. The molecule has 9 heteroatoms. The summed E-state index contributed by atoms with van der Waals surface area (Å²) < 4.78 is 6.77. The SMILES string of the molecule is CCc1cn([C@H]2CC(N=[N+]=[N-])[C@@H](CO)O2)c(=O)[nH]c1=O. The lowest BCUT2D eigenvalue weighted by Gasteiger charge is -2.15. The fourth-order valence-corrected chi connectivity index (χ4v) is 2.23. The van der Waals surface area contributed by atoms with E-state index in [4.69, 9.17) is 10.3 Å². The minimum atomic E-state index is -0.669. The van der Waals surface area contributed by atoms with Crippen molar-refractivity contribution in [3.63, 3.8) is 0 Å². The number of nitrogens with one attached hydrogen (secondary N) is 1. The standard InChI is InChI=1S/C11H15N5O4/c1-2-6-4-16(11(19)13-10(6)18)9-3-7(14-15-12)8(5-17)20-9/h4,7-9,17H,2-3,5H2,1H3,(H,13,18,19)/t7?,8-,9-/m1/s1. The molecule has 9 nitrogen and oxygen atoms in total. The summed E-state index contributed by atoms with van der Waals surface area (Å²) in [5, 5.41) is 12.7. The van der Waals surface area contributed by atoms with E-state index >= 15 is 0 Å². The number of hydrogen-bond acceptors (Lipinski definition) is 5. The van der Waals surface area contributed by atoms with Crippen LogP contribution < -0.4 is 11.2 Å². The molecule has 108 valence electrons. The van der Waals surface area contributed by atoms with Gasteiger partial charge < -0.3 is 9.84 Å². The van der Waals surface area contributed by atoms with Gasteiger partial charge in [-0.1, -0.05) is 12.0 Å². The maximum Gasteiger partial charge on any atom is 0.330 e. The number of aryl methyl sites for hydroxylation is 1. The number of aromatic amines is 1.